The van der Waals surface area contributed by atoms with E-state index in [9.17, 15) is 8.42 Å². The Balaban J connectivity index is 2.78. The molecule has 0 aliphatic heterocycles. The van der Waals surface area contributed by atoms with Crippen LogP contribution in [0.15, 0.2) is 4.52 Å². The van der Waals surface area contributed by atoms with Crippen LogP contribution in [-0.2, 0) is 10.2 Å². The predicted octanol–water partition coefficient (Wildman–Crippen LogP) is 0.501. The Labute approximate surface area is 113 Å². The summed E-state index contributed by atoms with van der Waals surface area (Å²) in [5.41, 5.74) is 1.42. The van der Waals surface area contributed by atoms with Crippen molar-refractivity contribution in [3.63, 3.8) is 0 Å². The lowest BCUT2D eigenvalue weighted by Gasteiger charge is -2.20. The summed E-state index contributed by atoms with van der Waals surface area (Å²) < 4.78 is 32.9. The van der Waals surface area contributed by atoms with E-state index in [1.165, 1.54) is 11.4 Å². The molecule has 0 bridgehead atoms. The van der Waals surface area contributed by atoms with E-state index in [0.29, 0.717) is 17.9 Å². The molecule has 1 rings (SSSR count). The minimum absolute atomic E-state index is 0.0424. The van der Waals surface area contributed by atoms with Crippen LogP contribution >= 0.6 is 0 Å². The number of aliphatic hydroxyl groups is 1. The van der Waals surface area contributed by atoms with Gasteiger partial charge in [-0.05, 0) is 27.2 Å². The van der Waals surface area contributed by atoms with Gasteiger partial charge in [-0.2, -0.15) is 17.4 Å². The second kappa shape index (κ2) is 6.47. The minimum atomic E-state index is -3.59. The third-order valence-electron chi connectivity index (χ3n) is 2.89. The van der Waals surface area contributed by atoms with E-state index in [-0.39, 0.29) is 13.2 Å². The van der Waals surface area contributed by atoms with Crippen molar-refractivity contribution < 1.29 is 18.0 Å². The zero-order valence-corrected chi connectivity index (χ0v) is 12.5. The molecular formula is C11H21N3O4S. The van der Waals surface area contributed by atoms with Gasteiger partial charge in [0.25, 0.3) is 10.2 Å². The highest BCUT2D eigenvalue weighted by Crippen LogP contribution is 2.21. The molecule has 7 nitrogen and oxygen atoms in total. The standard InChI is InChI=1S/C11H21N3O4S/c1-8-11(10(3)18-12-8)9(2)13-19(16,17)14(4)6-5-7-15/h9,13,15H,5-7H2,1-4H3. The molecule has 19 heavy (non-hydrogen) atoms. The molecule has 0 amide bonds. The van der Waals surface area contributed by atoms with E-state index in [0.717, 1.165) is 5.56 Å². The highest BCUT2D eigenvalue weighted by atomic mass is 32.2. The van der Waals surface area contributed by atoms with Crippen LogP contribution in [0.3, 0.4) is 0 Å². The van der Waals surface area contributed by atoms with Gasteiger partial charge in [0.05, 0.1) is 11.7 Å². The molecule has 0 aliphatic carbocycles. The Bertz CT molecular complexity index is 493. The topological polar surface area (TPSA) is 95.7 Å². The van der Waals surface area contributed by atoms with E-state index in [1.807, 2.05) is 0 Å². The molecule has 1 aromatic rings. The second-order valence-corrected chi connectivity index (χ2v) is 6.29. The van der Waals surface area contributed by atoms with E-state index < -0.39 is 16.3 Å². The molecule has 1 atom stereocenters. The lowest BCUT2D eigenvalue weighted by Crippen LogP contribution is -2.40. The van der Waals surface area contributed by atoms with Crippen molar-refractivity contribution >= 4 is 10.2 Å². The van der Waals surface area contributed by atoms with E-state index in [4.69, 9.17) is 9.63 Å². The molecule has 8 heteroatoms. The quantitative estimate of drug-likeness (QED) is 0.762. The Morgan fingerprint density at radius 1 is 1.47 bits per heavy atom. The molecule has 0 radical (unpaired) electrons. The van der Waals surface area contributed by atoms with Crippen LogP contribution in [0.1, 0.15) is 36.4 Å². The van der Waals surface area contributed by atoms with Crippen LogP contribution < -0.4 is 4.72 Å². The molecule has 1 heterocycles. The number of nitrogens with one attached hydrogen (secondary N) is 1. The molecule has 0 saturated heterocycles. The molecule has 110 valence electrons. The summed E-state index contributed by atoms with van der Waals surface area (Å²) in [4.78, 5) is 0. The number of rotatable bonds is 7. The van der Waals surface area contributed by atoms with Gasteiger partial charge in [-0.3, -0.25) is 0 Å². The molecule has 0 fully saturated rings. The third kappa shape index (κ3) is 4.00. The first-order valence-electron chi connectivity index (χ1n) is 6.06. The van der Waals surface area contributed by atoms with Gasteiger partial charge < -0.3 is 9.63 Å². The van der Waals surface area contributed by atoms with E-state index in [2.05, 4.69) is 9.88 Å². The molecule has 2 N–H and O–H groups in total. The van der Waals surface area contributed by atoms with E-state index >= 15 is 0 Å². The summed E-state index contributed by atoms with van der Waals surface area (Å²) in [6, 6.07) is -0.423. The lowest BCUT2D eigenvalue weighted by atomic mass is 10.1. The molecule has 0 saturated carbocycles. The monoisotopic (exact) mass is 291 g/mol. The van der Waals surface area contributed by atoms with Crippen molar-refractivity contribution in [3.05, 3.63) is 17.0 Å². The average Bonchev–Trinajstić information content (AvgIpc) is 2.65. The SMILES string of the molecule is Cc1noc(C)c1C(C)NS(=O)(=O)N(C)CCCO. The van der Waals surface area contributed by atoms with Crippen LogP contribution in [0, 0.1) is 13.8 Å². The maximum Gasteiger partial charge on any atom is 0.279 e. The first-order valence-corrected chi connectivity index (χ1v) is 7.50. The van der Waals surface area contributed by atoms with Crippen LogP contribution in [-0.4, -0.2) is 43.2 Å². The smallest absolute Gasteiger partial charge is 0.279 e. The highest BCUT2D eigenvalue weighted by Gasteiger charge is 2.24. The van der Waals surface area contributed by atoms with Crippen LogP contribution in [0.5, 0.6) is 0 Å². The van der Waals surface area contributed by atoms with Gasteiger partial charge in [0.2, 0.25) is 0 Å². The fourth-order valence-corrected chi connectivity index (χ4v) is 3.01. The van der Waals surface area contributed by atoms with E-state index in [1.54, 1.807) is 20.8 Å². The molecule has 0 spiro atoms. The minimum Gasteiger partial charge on any atom is -0.396 e. The predicted molar refractivity (Wildman–Crippen MR) is 70.8 cm³/mol. The molecule has 0 aromatic carbocycles. The highest BCUT2D eigenvalue weighted by molar-refractivity contribution is 7.87. The molecular weight excluding hydrogens is 270 g/mol. The number of hydrogen-bond acceptors (Lipinski definition) is 5. The van der Waals surface area contributed by atoms with Gasteiger partial charge in [0.15, 0.2) is 0 Å². The largest absolute Gasteiger partial charge is 0.396 e. The maximum absolute atomic E-state index is 12.0. The second-order valence-electron chi connectivity index (χ2n) is 4.48. The van der Waals surface area contributed by atoms with Gasteiger partial charge in [-0.1, -0.05) is 5.16 Å². The summed E-state index contributed by atoms with van der Waals surface area (Å²) in [6.45, 7) is 5.48. The summed E-state index contributed by atoms with van der Waals surface area (Å²) >= 11 is 0. The zero-order valence-electron chi connectivity index (χ0n) is 11.7. The van der Waals surface area contributed by atoms with Crippen molar-refractivity contribution in [3.8, 4) is 0 Å². The Hall–Kier alpha value is -0.960. The third-order valence-corrected chi connectivity index (χ3v) is 4.54. The summed E-state index contributed by atoms with van der Waals surface area (Å²) in [7, 11) is -2.12. The fraction of sp³-hybridized carbons (Fsp3) is 0.727. The number of aryl methyl sites for hydroxylation is 2. The van der Waals surface area contributed by atoms with Crippen molar-refractivity contribution in [2.45, 2.75) is 33.2 Å². The number of nitrogens with zero attached hydrogens (tertiary/aromatic N) is 2. The molecule has 1 unspecified atom stereocenters. The Morgan fingerprint density at radius 3 is 2.58 bits per heavy atom. The Kier molecular flexibility index (Phi) is 5.48. The first kappa shape index (κ1) is 16.1. The van der Waals surface area contributed by atoms with Gasteiger partial charge >= 0.3 is 0 Å². The Morgan fingerprint density at radius 2 is 2.11 bits per heavy atom. The van der Waals surface area contributed by atoms with Crippen LogP contribution in [0.25, 0.3) is 0 Å². The fourth-order valence-electron chi connectivity index (χ4n) is 1.89. The number of hydrogen-bond donors (Lipinski definition) is 2. The lowest BCUT2D eigenvalue weighted by molar-refractivity contribution is 0.275. The first-order chi connectivity index (χ1) is 8.79. The number of aliphatic hydroxyl groups excluding tert-OH is 1. The molecule has 0 aliphatic rings. The van der Waals surface area contributed by atoms with Crippen LogP contribution in [0.2, 0.25) is 0 Å². The van der Waals surface area contributed by atoms with Crippen molar-refractivity contribution in [2.24, 2.45) is 0 Å². The van der Waals surface area contributed by atoms with Crippen molar-refractivity contribution in [2.75, 3.05) is 20.2 Å². The summed E-state index contributed by atoms with van der Waals surface area (Å²) in [6.07, 6.45) is 0.400. The van der Waals surface area contributed by atoms with Crippen molar-refractivity contribution in [1.29, 1.82) is 0 Å². The molecule has 1 aromatic heterocycles. The maximum atomic E-state index is 12.0. The van der Waals surface area contributed by atoms with Gasteiger partial charge in [0.1, 0.15) is 5.76 Å². The summed E-state index contributed by atoms with van der Waals surface area (Å²) in [5.74, 6) is 0.603. The van der Waals surface area contributed by atoms with Gasteiger partial charge in [0, 0.05) is 25.8 Å². The average molecular weight is 291 g/mol. The summed E-state index contributed by atoms with van der Waals surface area (Å²) in [5, 5.41) is 12.5. The van der Waals surface area contributed by atoms with Crippen molar-refractivity contribution in [1.82, 2.24) is 14.2 Å². The van der Waals surface area contributed by atoms with Gasteiger partial charge in [-0.25, -0.2) is 0 Å². The normalized spacial score (nSPS) is 14.0. The van der Waals surface area contributed by atoms with Crippen LogP contribution in [0.4, 0.5) is 0 Å². The van der Waals surface area contributed by atoms with Gasteiger partial charge in [-0.15, -0.1) is 0 Å². The zero-order chi connectivity index (χ0) is 14.6. The number of aromatic nitrogens is 1.